The zero-order valence-electron chi connectivity index (χ0n) is 14.2. The summed E-state index contributed by atoms with van der Waals surface area (Å²) in [4.78, 5) is 23.5. The standard InChI is InChI=1S/C19H23NO4/c1-19(2,3)24-18(23)20-16(17(21)22)12-14-10-5-4-8-13-9-6-7-11-15(13)14/h4-11,15-16H,12H2,1-3H3,(H,20,23)(H,21,22). The number of carboxylic acid groups (broad SMARTS) is 1. The average molecular weight is 329 g/mol. The highest BCUT2D eigenvalue weighted by atomic mass is 16.6. The van der Waals surface area contributed by atoms with E-state index in [4.69, 9.17) is 4.74 Å². The number of carboxylic acids is 1. The van der Waals surface area contributed by atoms with Crippen molar-refractivity contribution in [1.29, 1.82) is 0 Å². The molecule has 0 aliphatic heterocycles. The first-order chi connectivity index (χ1) is 11.3. The Labute approximate surface area is 142 Å². The van der Waals surface area contributed by atoms with Crippen LogP contribution in [0.5, 0.6) is 0 Å². The lowest BCUT2D eigenvalue weighted by molar-refractivity contribution is -0.139. The highest BCUT2D eigenvalue weighted by Crippen LogP contribution is 2.31. The van der Waals surface area contributed by atoms with Gasteiger partial charge in [-0.15, -0.1) is 0 Å². The number of fused-ring (bicyclic) bond motifs is 1. The van der Waals surface area contributed by atoms with Crippen molar-refractivity contribution >= 4 is 12.1 Å². The molecule has 2 unspecified atom stereocenters. The average Bonchev–Trinajstić information content (AvgIpc) is 2.67. The quantitative estimate of drug-likeness (QED) is 0.827. The van der Waals surface area contributed by atoms with E-state index in [0.717, 1.165) is 11.1 Å². The second-order valence-electron chi connectivity index (χ2n) is 6.76. The fourth-order valence-corrected chi connectivity index (χ4v) is 2.58. The molecule has 1 amide bonds. The topological polar surface area (TPSA) is 75.6 Å². The Morgan fingerprint density at radius 3 is 2.58 bits per heavy atom. The molecule has 0 heterocycles. The van der Waals surface area contributed by atoms with Crippen LogP contribution in [0, 0.1) is 5.92 Å². The van der Waals surface area contributed by atoms with Crippen molar-refractivity contribution in [1.82, 2.24) is 5.32 Å². The Hall–Kier alpha value is -2.56. The number of alkyl carbamates (subject to hydrolysis) is 1. The van der Waals surface area contributed by atoms with E-state index in [-0.39, 0.29) is 12.3 Å². The number of nitrogens with one attached hydrogen (secondary N) is 1. The minimum atomic E-state index is -1.09. The lowest BCUT2D eigenvalue weighted by atomic mass is 9.85. The van der Waals surface area contributed by atoms with E-state index in [9.17, 15) is 14.7 Å². The number of ether oxygens (including phenoxy) is 1. The second-order valence-corrected chi connectivity index (χ2v) is 6.76. The molecule has 2 aliphatic carbocycles. The molecule has 0 aromatic carbocycles. The summed E-state index contributed by atoms with van der Waals surface area (Å²) in [6, 6.07) is -1.04. The van der Waals surface area contributed by atoms with Crippen LogP contribution in [0.4, 0.5) is 4.79 Å². The van der Waals surface area contributed by atoms with Crippen molar-refractivity contribution in [3.63, 3.8) is 0 Å². The van der Waals surface area contributed by atoms with Gasteiger partial charge >= 0.3 is 12.1 Å². The summed E-state index contributed by atoms with van der Waals surface area (Å²) >= 11 is 0. The van der Waals surface area contributed by atoms with Gasteiger partial charge in [-0.25, -0.2) is 9.59 Å². The Kier molecular flexibility index (Phi) is 5.44. The Morgan fingerprint density at radius 2 is 1.92 bits per heavy atom. The molecule has 0 aromatic rings. The Bertz CT molecular complexity index is 659. The zero-order valence-corrected chi connectivity index (χ0v) is 14.2. The van der Waals surface area contributed by atoms with E-state index in [1.165, 1.54) is 0 Å². The highest BCUT2D eigenvalue weighted by molar-refractivity contribution is 5.80. The Balaban J connectivity index is 2.11. The van der Waals surface area contributed by atoms with Gasteiger partial charge in [0.15, 0.2) is 0 Å². The van der Waals surface area contributed by atoms with Gasteiger partial charge in [0, 0.05) is 12.3 Å². The number of rotatable bonds is 4. The number of carbonyl (C=O) groups excluding carboxylic acids is 1. The first kappa shape index (κ1) is 17.8. The molecule has 2 rings (SSSR count). The van der Waals surface area contributed by atoms with Crippen molar-refractivity contribution < 1.29 is 19.4 Å². The first-order valence-corrected chi connectivity index (χ1v) is 7.91. The van der Waals surface area contributed by atoms with Crippen molar-refractivity contribution in [2.24, 2.45) is 5.92 Å². The molecule has 5 nitrogen and oxygen atoms in total. The largest absolute Gasteiger partial charge is 0.480 e. The van der Waals surface area contributed by atoms with E-state index in [1.54, 1.807) is 20.8 Å². The van der Waals surface area contributed by atoms with Gasteiger partial charge in [0.05, 0.1) is 0 Å². The molecule has 0 saturated carbocycles. The van der Waals surface area contributed by atoms with Crippen molar-refractivity contribution in [3.8, 4) is 0 Å². The molecule has 5 heteroatoms. The number of hydrogen-bond acceptors (Lipinski definition) is 3. The van der Waals surface area contributed by atoms with Gasteiger partial charge in [0.2, 0.25) is 0 Å². The molecule has 2 N–H and O–H groups in total. The smallest absolute Gasteiger partial charge is 0.408 e. The van der Waals surface area contributed by atoms with Crippen LogP contribution in [0.15, 0.2) is 59.8 Å². The van der Waals surface area contributed by atoms with E-state index >= 15 is 0 Å². The molecule has 0 aromatic heterocycles. The number of carbonyl (C=O) groups is 2. The maximum absolute atomic E-state index is 11.9. The van der Waals surface area contributed by atoms with Crippen LogP contribution in [0.25, 0.3) is 0 Å². The predicted octanol–water partition coefficient (Wildman–Crippen LogP) is 3.52. The summed E-state index contributed by atoms with van der Waals surface area (Å²) in [5.74, 6) is -1.07. The van der Waals surface area contributed by atoms with Crippen LogP contribution in [0.1, 0.15) is 27.2 Å². The van der Waals surface area contributed by atoms with Gasteiger partial charge in [-0.1, -0.05) is 54.2 Å². The third-order valence-electron chi connectivity index (χ3n) is 3.60. The van der Waals surface area contributed by atoms with Crippen LogP contribution >= 0.6 is 0 Å². The maximum Gasteiger partial charge on any atom is 0.408 e. The van der Waals surface area contributed by atoms with Gasteiger partial charge in [-0.05, 0) is 26.3 Å². The normalized spacial score (nSPS) is 20.4. The zero-order chi connectivity index (χ0) is 17.7. The summed E-state index contributed by atoms with van der Waals surface area (Å²) in [5.41, 5.74) is 1.35. The molecule has 0 spiro atoms. The molecule has 2 aliphatic rings. The van der Waals surface area contributed by atoms with Crippen LogP contribution < -0.4 is 5.32 Å². The summed E-state index contributed by atoms with van der Waals surface area (Å²) in [6.07, 6.45) is 15.1. The van der Waals surface area contributed by atoms with E-state index in [1.807, 2.05) is 48.6 Å². The summed E-state index contributed by atoms with van der Waals surface area (Å²) in [6.45, 7) is 5.20. The van der Waals surface area contributed by atoms with Gasteiger partial charge in [-0.2, -0.15) is 0 Å². The molecule has 2 atom stereocenters. The lowest BCUT2D eigenvalue weighted by Gasteiger charge is -2.25. The van der Waals surface area contributed by atoms with Crippen LogP contribution in [-0.2, 0) is 9.53 Å². The van der Waals surface area contributed by atoms with Gasteiger partial charge in [0.25, 0.3) is 0 Å². The number of hydrogen-bond donors (Lipinski definition) is 2. The SMILES string of the molecule is CC(C)(C)OC(=O)NC(CC1=CC=CC=C2C=CC=CC21)C(=O)O. The van der Waals surface area contributed by atoms with E-state index in [0.29, 0.717) is 0 Å². The van der Waals surface area contributed by atoms with Crippen molar-refractivity contribution in [3.05, 3.63) is 59.8 Å². The van der Waals surface area contributed by atoms with E-state index in [2.05, 4.69) is 5.32 Å². The van der Waals surface area contributed by atoms with Crippen molar-refractivity contribution in [2.45, 2.75) is 38.8 Å². The predicted molar refractivity (Wildman–Crippen MR) is 92.5 cm³/mol. The molecular weight excluding hydrogens is 306 g/mol. The maximum atomic E-state index is 11.9. The van der Waals surface area contributed by atoms with Crippen molar-refractivity contribution in [2.75, 3.05) is 0 Å². The first-order valence-electron chi connectivity index (χ1n) is 7.91. The molecule has 0 radical (unpaired) electrons. The molecule has 0 bridgehead atoms. The van der Waals surface area contributed by atoms with E-state index < -0.39 is 23.7 Å². The fraction of sp³-hybridized carbons (Fsp3) is 0.368. The van der Waals surface area contributed by atoms with Gasteiger partial charge in [-0.3, -0.25) is 0 Å². The highest BCUT2D eigenvalue weighted by Gasteiger charge is 2.27. The number of aliphatic carboxylic acids is 1. The van der Waals surface area contributed by atoms with Gasteiger partial charge in [0.1, 0.15) is 11.6 Å². The second kappa shape index (κ2) is 7.34. The molecular formula is C19H23NO4. The third-order valence-corrected chi connectivity index (χ3v) is 3.60. The minimum Gasteiger partial charge on any atom is -0.480 e. The summed E-state index contributed by atoms with van der Waals surface area (Å²) < 4.78 is 5.16. The monoisotopic (exact) mass is 329 g/mol. The third kappa shape index (κ3) is 4.98. The fourth-order valence-electron chi connectivity index (χ4n) is 2.58. The number of amides is 1. The van der Waals surface area contributed by atoms with Crippen LogP contribution in [0.2, 0.25) is 0 Å². The van der Waals surface area contributed by atoms with Crippen LogP contribution in [0.3, 0.4) is 0 Å². The molecule has 0 fully saturated rings. The minimum absolute atomic E-state index is 0.0206. The summed E-state index contributed by atoms with van der Waals surface area (Å²) in [5, 5.41) is 11.9. The molecule has 128 valence electrons. The molecule has 24 heavy (non-hydrogen) atoms. The van der Waals surface area contributed by atoms with Crippen LogP contribution in [-0.4, -0.2) is 28.8 Å². The number of allylic oxidation sites excluding steroid dienone is 9. The summed E-state index contributed by atoms with van der Waals surface area (Å²) in [7, 11) is 0. The Morgan fingerprint density at radius 1 is 1.21 bits per heavy atom. The molecule has 0 saturated heterocycles. The lowest BCUT2D eigenvalue weighted by Crippen LogP contribution is -2.44. The van der Waals surface area contributed by atoms with Gasteiger partial charge < -0.3 is 15.2 Å².